The van der Waals surface area contributed by atoms with Crippen LogP contribution in [0.2, 0.25) is 0 Å². The first-order valence-electron chi connectivity index (χ1n) is 8.78. The molecule has 0 amide bonds. The van der Waals surface area contributed by atoms with Crippen LogP contribution in [0.25, 0.3) is 0 Å². The fraction of sp³-hybridized carbons (Fsp3) is 1.00. The summed E-state index contributed by atoms with van der Waals surface area (Å²) in [4.78, 5) is 0. The van der Waals surface area contributed by atoms with E-state index in [9.17, 15) is 0 Å². The Balaban J connectivity index is 1.47. The van der Waals surface area contributed by atoms with Gasteiger partial charge in [0.25, 0.3) is 0 Å². The van der Waals surface area contributed by atoms with Crippen molar-refractivity contribution in [3.05, 3.63) is 0 Å². The Bertz CT molecular complexity index is 352. The molecule has 4 aliphatic rings. The van der Waals surface area contributed by atoms with Crippen molar-refractivity contribution in [1.82, 2.24) is 5.32 Å². The van der Waals surface area contributed by atoms with Gasteiger partial charge in [0.2, 0.25) is 0 Å². The third kappa shape index (κ3) is 3.46. The van der Waals surface area contributed by atoms with Gasteiger partial charge >= 0.3 is 0 Å². The lowest BCUT2D eigenvalue weighted by Crippen LogP contribution is -2.64. The molecule has 122 valence electrons. The lowest BCUT2D eigenvalue weighted by Gasteiger charge is -2.65. The number of methoxy groups -OCH3 is 1. The molecule has 0 saturated heterocycles. The third-order valence-electron chi connectivity index (χ3n) is 6.02. The molecule has 0 spiro atoms. The second-order valence-electron chi connectivity index (χ2n) is 8.80. The summed E-state index contributed by atoms with van der Waals surface area (Å²) in [7, 11) is 1.72. The summed E-state index contributed by atoms with van der Waals surface area (Å²) in [5, 5.41) is 3.96. The predicted molar refractivity (Wildman–Crippen MR) is 85.5 cm³/mol. The van der Waals surface area contributed by atoms with Gasteiger partial charge in [0, 0.05) is 19.3 Å². The number of hydrogen-bond donors (Lipinski definition) is 1. The first-order valence-corrected chi connectivity index (χ1v) is 8.78. The highest BCUT2D eigenvalue weighted by Gasteiger charge is 2.59. The fourth-order valence-corrected chi connectivity index (χ4v) is 6.42. The molecule has 2 atom stereocenters. The summed E-state index contributed by atoms with van der Waals surface area (Å²) >= 11 is 0. The van der Waals surface area contributed by atoms with Gasteiger partial charge in [-0.2, -0.15) is 0 Å². The maximum absolute atomic E-state index is 5.57. The molecular weight excluding hydrogens is 262 g/mol. The Labute approximate surface area is 130 Å². The summed E-state index contributed by atoms with van der Waals surface area (Å²) < 4.78 is 10.6. The SMILES string of the molecule is COCCOCCCNC12CC3CC(C)(CC(C)(C3)C1)C2. The quantitative estimate of drug-likeness (QED) is 0.696. The molecule has 0 aromatic rings. The summed E-state index contributed by atoms with van der Waals surface area (Å²) in [6.07, 6.45) is 9.75. The zero-order chi connectivity index (χ0) is 15.0. The number of ether oxygens (including phenoxy) is 2. The molecule has 4 aliphatic carbocycles. The summed E-state index contributed by atoms with van der Waals surface area (Å²) in [6, 6.07) is 0. The number of nitrogens with one attached hydrogen (secondary N) is 1. The molecule has 3 heteroatoms. The van der Waals surface area contributed by atoms with Crippen LogP contribution in [0.1, 0.15) is 58.8 Å². The highest BCUT2D eigenvalue weighted by Crippen LogP contribution is 2.66. The molecule has 1 N–H and O–H groups in total. The molecule has 4 fully saturated rings. The summed E-state index contributed by atoms with van der Waals surface area (Å²) in [5.41, 5.74) is 1.65. The van der Waals surface area contributed by atoms with Gasteiger partial charge in [-0.25, -0.2) is 0 Å². The van der Waals surface area contributed by atoms with Crippen molar-refractivity contribution >= 4 is 0 Å². The highest BCUT2D eigenvalue weighted by molar-refractivity contribution is 5.14. The van der Waals surface area contributed by atoms with Crippen molar-refractivity contribution in [3.8, 4) is 0 Å². The van der Waals surface area contributed by atoms with Crippen molar-refractivity contribution in [2.24, 2.45) is 16.7 Å². The van der Waals surface area contributed by atoms with Crippen LogP contribution in [0.3, 0.4) is 0 Å². The van der Waals surface area contributed by atoms with E-state index in [0.717, 1.165) is 32.1 Å². The number of hydrogen-bond acceptors (Lipinski definition) is 3. The zero-order valence-corrected chi connectivity index (χ0v) is 14.2. The normalized spacial score (nSPS) is 44.4. The molecule has 4 rings (SSSR count). The maximum Gasteiger partial charge on any atom is 0.0700 e. The minimum absolute atomic E-state index is 0.440. The van der Waals surface area contributed by atoms with E-state index in [1.165, 1.54) is 38.5 Å². The first kappa shape index (κ1) is 15.8. The van der Waals surface area contributed by atoms with Crippen molar-refractivity contribution in [2.45, 2.75) is 64.3 Å². The van der Waals surface area contributed by atoms with E-state index in [2.05, 4.69) is 19.2 Å². The predicted octanol–water partition coefficient (Wildman–Crippen LogP) is 3.38. The molecule has 0 aliphatic heterocycles. The Hall–Kier alpha value is -0.120. The Morgan fingerprint density at radius 3 is 2.29 bits per heavy atom. The largest absolute Gasteiger partial charge is 0.382 e. The average molecular weight is 295 g/mol. The fourth-order valence-electron chi connectivity index (χ4n) is 6.42. The van der Waals surface area contributed by atoms with Gasteiger partial charge in [0.15, 0.2) is 0 Å². The molecule has 0 heterocycles. The highest BCUT2D eigenvalue weighted by atomic mass is 16.5. The minimum Gasteiger partial charge on any atom is -0.382 e. The summed E-state index contributed by atoms with van der Waals surface area (Å²) in [5.74, 6) is 0.974. The minimum atomic E-state index is 0.440. The van der Waals surface area contributed by atoms with Crippen LogP contribution >= 0.6 is 0 Å². The molecule has 0 radical (unpaired) electrons. The lowest BCUT2D eigenvalue weighted by molar-refractivity contribution is -0.117. The van der Waals surface area contributed by atoms with E-state index in [1.807, 2.05) is 0 Å². The molecule has 21 heavy (non-hydrogen) atoms. The van der Waals surface area contributed by atoms with E-state index < -0.39 is 0 Å². The van der Waals surface area contributed by atoms with Crippen molar-refractivity contribution < 1.29 is 9.47 Å². The molecular formula is C18H33NO2. The second kappa shape index (κ2) is 5.82. The van der Waals surface area contributed by atoms with Gasteiger partial charge in [-0.15, -0.1) is 0 Å². The standard InChI is InChI=1S/C18H33NO2/c1-16-9-15-10-17(2,12-16)14-18(11-15,13-16)19-5-4-6-21-8-7-20-3/h15,19H,4-14H2,1-3H3. The van der Waals surface area contributed by atoms with Crippen LogP contribution in [-0.2, 0) is 9.47 Å². The van der Waals surface area contributed by atoms with Crippen LogP contribution in [-0.4, -0.2) is 39.0 Å². The monoisotopic (exact) mass is 295 g/mol. The van der Waals surface area contributed by atoms with E-state index >= 15 is 0 Å². The van der Waals surface area contributed by atoms with Gasteiger partial charge < -0.3 is 14.8 Å². The second-order valence-corrected chi connectivity index (χ2v) is 8.80. The van der Waals surface area contributed by atoms with Gasteiger partial charge in [0.1, 0.15) is 0 Å². The van der Waals surface area contributed by atoms with Gasteiger partial charge in [0.05, 0.1) is 13.2 Å². The van der Waals surface area contributed by atoms with Gasteiger partial charge in [-0.05, 0) is 68.2 Å². The Morgan fingerprint density at radius 1 is 0.952 bits per heavy atom. The summed E-state index contributed by atoms with van der Waals surface area (Å²) in [6.45, 7) is 8.46. The van der Waals surface area contributed by atoms with E-state index in [1.54, 1.807) is 7.11 Å². The van der Waals surface area contributed by atoms with E-state index in [-0.39, 0.29) is 0 Å². The van der Waals surface area contributed by atoms with Gasteiger partial charge in [-0.3, -0.25) is 0 Å². The molecule has 0 aromatic carbocycles. The first-order chi connectivity index (χ1) is 9.97. The molecule has 4 saturated carbocycles. The van der Waals surface area contributed by atoms with Crippen LogP contribution in [0.15, 0.2) is 0 Å². The lowest BCUT2D eigenvalue weighted by atomic mass is 9.43. The maximum atomic E-state index is 5.57. The van der Waals surface area contributed by atoms with E-state index in [4.69, 9.17) is 9.47 Å². The van der Waals surface area contributed by atoms with E-state index in [0.29, 0.717) is 23.0 Å². The van der Waals surface area contributed by atoms with Crippen LogP contribution < -0.4 is 5.32 Å². The molecule has 0 aromatic heterocycles. The van der Waals surface area contributed by atoms with Crippen molar-refractivity contribution in [3.63, 3.8) is 0 Å². The van der Waals surface area contributed by atoms with Crippen LogP contribution in [0.4, 0.5) is 0 Å². The average Bonchev–Trinajstić information content (AvgIpc) is 2.33. The smallest absolute Gasteiger partial charge is 0.0700 e. The number of rotatable bonds is 8. The van der Waals surface area contributed by atoms with Crippen LogP contribution in [0, 0.1) is 16.7 Å². The Morgan fingerprint density at radius 2 is 1.67 bits per heavy atom. The van der Waals surface area contributed by atoms with Crippen molar-refractivity contribution in [1.29, 1.82) is 0 Å². The van der Waals surface area contributed by atoms with Crippen LogP contribution in [0.5, 0.6) is 0 Å². The van der Waals surface area contributed by atoms with Gasteiger partial charge in [-0.1, -0.05) is 13.8 Å². The van der Waals surface area contributed by atoms with Crippen molar-refractivity contribution in [2.75, 3.05) is 33.5 Å². The molecule has 2 unspecified atom stereocenters. The molecule has 4 bridgehead atoms. The Kier molecular flexibility index (Phi) is 4.37. The molecule has 3 nitrogen and oxygen atoms in total. The zero-order valence-electron chi connectivity index (χ0n) is 14.2. The third-order valence-corrected chi connectivity index (χ3v) is 6.02. The topological polar surface area (TPSA) is 30.5 Å².